The van der Waals surface area contributed by atoms with E-state index in [1.54, 1.807) is 64.1 Å². The maximum Gasteiger partial charge on any atom is 0.306 e. The molecule has 1 aliphatic heterocycles. The Labute approximate surface area is 223 Å². The van der Waals surface area contributed by atoms with E-state index in [0.29, 0.717) is 35.3 Å². The lowest BCUT2D eigenvalue weighted by Gasteiger charge is -2.28. The summed E-state index contributed by atoms with van der Waals surface area (Å²) in [4.78, 5) is 30.8. The molecule has 9 heteroatoms. The van der Waals surface area contributed by atoms with Crippen LogP contribution in [0.3, 0.4) is 0 Å². The highest BCUT2D eigenvalue weighted by Crippen LogP contribution is 2.34. The average molecular weight is 531 g/mol. The second-order valence-electron chi connectivity index (χ2n) is 9.95. The van der Waals surface area contributed by atoms with E-state index in [1.165, 1.54) is 0 Å². The van der Waals surface area contributed by atoms with Crippen molar-refractivity contribution in [2.45, 2.75) is 70.7 Å². The quantitative estimate of drug-likeness (QED) is 0.328. The molecule has 0 aromatic heterocycles. The van der Waals surface area contributed by atoms with Crippen LogP contribution in [0, 0.1) is 0 Å². The maximum atomic E-state index is 13.6. The number of aliphatic hydroxyl groups excluding tert-OH is 1. The summed E-state index contributed by atoms with van der Waals surface area (Å²) in [5, 5.41) is 12.4. The summed E-state index contributed by atoms with van der Waals surface area (Å²) >= 11 is 6.08. The summed E-state index contributed by atoms with van der Waals surface area (Å²) in [5.74, 6) is 0.216. The summed E-state index contributed by atoms with van der Waals surface area (Å²) in [5.41, 5.74) is -0.424. The van der Waals surface area contributed by atoms with Gasteiger partial charge in [-0.1, -0.05) is 23.7 Å². The summed E-state index contributed by atoms with van der Waals surface area (Å²) in [6, 6.07) is 14.4. The molecule has 8 nitrogen and oxygen atoms in total. The molecule has 2 aromatic rings. The molecule has 2 aromatic carbocycles. The maximum absolute atomic E-state index is 13.6. The van der Waals surface area contributed by atoms with Crippen LogP contribution in [0.25, 0.3) is 0 Å². The van der Waals surface area contributed by atoms with E-state index in [1.807, 2.05) is 12.1 Å². The summed E-state index contributed by atoms with van der Waals surface area (Å²) < 4.78 is 17.1. The van der Waals surface area contributed by atoms with E-state index in [4.69, 9.17) is 35.9 Å². The normalized spacial score (nSPS) is 19.1. The van der Waals surface area contributed by atoms with Crippen molar-refractivity contribution in [3.63, 3.8) is 0 Å². The number of hydrogen-bond donors (Lipinski definition) is 2. The number of nitrogens with zero attached hydrogens (tertiary/aromatic N) is 1. The topological polar surface area (TPSA) is 106 Å². The first-order valence-electron chi connectivity index (χ1n) is 12.4. The Morgan fingerprint density at radius 2 is 1.92 bits per heavy atom. The van der Waals surface area contributed by atoms with Gasteiger partial charge in [-0.05, 0) is 76.1 Å². The largest absolute Gasteiger partial charge is 0.494 e. The van der Waals surface area contributed by atoms with Crippen LogP contribution in [-0.4, -0.2) is 53.3 Å². The minimum Gasteiger partial charge on any atom is -0.494 e. The van der Waals surface area contributed by atoms with Crippen LogP contribution >= 0.6 is 11.6 Å². The van der Waals surface area contributed by atoms with Crippen molar-refractivity contribution in [2.24, 2.45) is 4.99 Å². The molecule has 0 saturated carbocycles. The number of rotatable bonds is 11. The van der Waals surface area contributed by atoms with Gasteiger partial charge in [0.2, 0.25) is 5.90 Å². The highest BCUT2D eigenvalue weighted by molar-refractivity contribution is 6.30. The highest BCUT2D eigenvalue weighted by Gasteiger charge is 2.50. The van der Waals surface area contributed by atoms with Gasteiger partial charge in [-0.25, -0.2) is 4.99 Å². The molecule has 37 heavy (non-hydrogen) atoms. The first-order valence-corrected chi connectivity index (χ1v) is 12.8. The number of aliphatic hydroxyl groups is 1. The molecule has 2 N–H and O–H groups in total. The molecule has 0 saturated heterocycles. The number of aliphatic imine (C=N–C) groups is 1. The summed E-state index contributed by atoms with van der Waals surface area (Å²) in [6.07, 6.45) is 0.0459. The Kier molecular flexibility index (Phi) is 9.56. The number of amides is 1. The zero-order chi connectivity index (χ0) is 27.1. The molecule has 2 atom stereocenters. The first kappa shape index (κ1) is 28.5. The Morgan fingerprint density at radius 1 is 1.19 bits per heavy atom. The van der Waals surface area contributed by atoms with Crippen molar-refractivity contribution < 1.29 is 28.9 Å². The molecule has 0 unspecified atom stereocenters. The smallest absolute Gasteiger partial charge is 0.306 e. The standard InChI is InChI=1S/C28H35ClN2O6/c1-19-28(14-13-24(33)37-27(2,3)4,26(34)30-18-20-7-5-8-22(29)17-20)31-25(36-19)21-9-11-23(12-10-21)35-16-6-15-32/h5,7-12,17,19,32H,6,13-16,18H2,1-4H3,(H,30,34)/t19-,28-/m1/s1. The zero-order valence-corrected chi connectivity index (χ0v) is 22.5. The lowest BCUT2D eigenvalue weighted by atomic mass is 9.87. The number of carbonyl (C=O) groups is 2. The molecule has 0 aliphatic carbocycles. The van der Waals surface area contributed by atoms with Crippen molar-refractivity contribution in [3.05, 3.63) is 64.7 Å². The van der Waals surface area contributed by atoms with Crippen molar-refractivity contribution in [1.82, 2.24) is 5.32 Å². The van der Waals surface area contributed by atoms with Gasteiger partial charge in [-0.15, -0.1) is 0 Å². The van der Waals surface area contributed by atoms with Crippen LogP contribution in [-0.2, 0) is 25.6 Å². The molecule has 3 rings (SSSR count). The molecule has 200 valence electrons. The Hall–Kier alpha value is -3.10. The minimum absolute atomic E-state index is 0.00394. The summed E-state index contributed by atoms with van der Waals surface area (Å²) in [7, 11) is 0. The lowest BCUT2D eigenvalue weighted by molar-refractivity contribution is -0.155. The molecule has 0 fully saturated rings. The molecule has 1 aliphatic rings. The van der Waals surface area contributed by atoms with E-state index in [2.05, 4.69) is 5.32 Å². The number of benzene rings is 2. The van der Waals surface area contributed by atoms with Gasteiger partial charge in [0, 0.05) is 36.6 Å². The number of nitrogens with one attached hydrogen (secondary N) is 1. The predicted octanol–water partition coefficient (Wildman–Crippen LogP) is 4.44. The van der Waals surface area contributed by atoms with E-state index >= 15 is 0 Å². The second-order valence-corrected chi connectivity index (χ2v) is 10.4. The second kappa shape index (κ2) is 12.4. The Balaban J connectivity index is 1.82. The number of halogens is 1. The zero-order valence-electron chi connectivity index (χ0n) is 21.8. The lowest BCUT2D eigenvalue weighted by Crippen LogP contribution is -2.51. The van der Waals surface area contributed by atoms with Crippen LogP contribution in [0.2, 0.25) is 5.02 Å². The Bertz CT molecular complexity index is 1110. The van der Waals surface area contributed by atoms with Crippen molar-refractivity contribution in [1.29, 1.82) is 0 Å². The van der Waals surface area contributed by atoms with Gasteiger partial charge in [-0.3, -0.25) is 9.59 Å². The van der Waals surface area contributed by atoms with Gasteiger partial charge >= 0.3 is 5.97 Å². The number of esters is 1. The van der Waals surface area contributed by atoms with Crippen LogP contribution in [0.5, 0.6) is 5.75 Å². The highest BCUT2D eigenvalue weighted by atomic mass is 35.5. The summed E-state index contributed by atoms with van der Waals surface area (Å²) in [6.45, 7) is 7.89. The molecular formula is C28H35ClN2O6. The number of hydrogen-bond acceptors (Lipinski definition) is 7. The fraction of sp³-hybridized carbons (Fsp3) is 0.464. The van der Waals surface area contributed by atoms with Gasteiger partial charge in [0.25, 0.3) is 5.91 Å². The molecule has 0 spiro atoms. The van der Waals surface area contributed by atoms with Crippen LogP contribution in [0.4, 0.5) is 0 Å². The van der Waals surface area contributed by atoms with Gasteiger partial charge in [0.05, 0.1) is 6.61 Å². The van der Waals surface area contributed by atoms with Crippen LogP contribution in [0.15, 0.2) is 53.5 Å². The average Bonchev–Trinajstić information content (AvgIpc) is 3.18. The van der Waals surface area contributed by atoms with Crippen molar-refractivity contribution >= 4 is 29.4 Å². The first-order chi connectivity index (χ1) is 17.5. The Morgan fingerprint density at radius 3 is 2.57 bits per heavy atom. The van der Waals surface area contributed by atoms with Gasteiger partial charge in [-0.2, -0.15) is 0 Å². The molecular weight excluding hydrogens is 496 g/mol. The van der Waals surface area contributed by atoms with Gasteiger partial charge < -0.3 is 24.6 Å². The van der Waals surface area contributed by atoms with E-state index in [9.17, 15) is 9.59 Å². The van der Waals surface area contributed by atoms with E-state index in [-0.39, 0.29) is 31.9 Å². The number of ether oxygens (including phenoxy) is 3. The minimum atomic E-state index is -1.32. The molecule has 1 amide bonds. The number of carbonyl (C=O) groups excluding carboxylic acids is 2. The fourth-order valence-electron chi connectivity index (χ4n) is 3.92. The van der Waals surface area contributed by atoms with Crippen molar-refractivity contribution in [3.8, 4) is 5.75 Å². The molecule has 0 radical (unpaired) electrons. The van der Waals surface area contributed by atoms with E-state index < -0.39 is 23.2 Å². The van der Waals surface area contributed by atoms with E-state index in [0.717, 1.165) is 5.56 Å². The van der Waals surface area contributed by atoms with Crippen molar-refractivity contribution in [2.75, 3.05) is 13.2 Å². The fourth-order valence-corrected chi connectivity index (χ4v) is 4.13. The third-order valence-corrected chi connectivity index (χ3v) is 6.04. The monoisotopic (exact) mass is 530 g/mol. The molecule has 0 bridgehead atoms. The third kappa shape index (κ3) is 7.94. The van der Waals surface area contributed by atoms with Crippen LogP contribution < -0.4 is 10.1 Å². The molecule has 1 heterocycles. The van der Waals surface area contributed by atoms with Gasteiger partial charge in [0.15, 0.2) is 5.54 Å². The third-order valence-electron chi connectivity index (χ3n) is 5.80. The van der Waals surface area contributed by atoms with Gasteiger partial charge in [0.1, 0.15) is 17.5 Å². The van der Waals surface area contributed by atoms with Crippen LogP contribution in [0.1, 0.15) is 58.1 Å². The predicted molar refractivity (Wildman–Crippen MR) is 142 cm³/mol. The SMILES string of the molecule is C[C@H]1OC(c2ccc(OCCCO)cc2)=N[C@@]1(CCC(=O)OC(C)(C)C)C(=O)NCc1cccc(Cl)c1.